The lowest BCUT2D eigenvalue weighted by Crippen LogP contribution is -2.40. The molecular weight excluding hydrogens is 350 g/mol. The van der Waals surface area contributed by atoms with E-state index >= 15 is 0 Å². The van der Waals surface area contributed by atoms with Crippen LogP contribution in [0.15, 0.2) is 27.8 Å². The molecule has 1 unspecified atom stereocenters. The molecule has 4 nitrogen and oxygen atoms in total. The van der Waals surface area contributed by atoms with E-state index in [2.05, 4.69) is 26.4 Å². The van der Waals surface area contributed by atoms with E-state index in [1.54, 1.807) is 0 Å². The third-order valence-corrected chi connectivity index (χ3v) is 3.19. The van der Waals surface area contributed by atoms with E-state index in [4.69, 9.17) is 22.5 Å². The second kappa shape index (κ2) is 6.33. The van der Waals surface area contributed by atoms with Crippen LogP contribution in [0.5, 0.6) is 0 Å². The molecule has 0 fully saturated rings. The van der Waals surface area contributed by atoms with Gasteiger partial charge in [0.15, 0.2) is 5.84 Å². The molecule has 1 aromatic rings. The molecular formula is C10H10BrClF3N3O. The van der Waals surface area contributed by atoms with Crippen LogP contribution < -0.4 is 11.1 Å². The first-order chi connectivity index (χ1) is 8.75. The molecule has 0 aliphatic carbocycles. The van der Waals surface area contributed by atoms with Gasteiger partial charge in [-0.3, -0.25) is 0 Å². The van der Waals surface area contributed by atoms with Gasteiger partial charge in [0.1, 0.15) is 5.92 Å². The van der Waals surface area contributed by atoms with Crippen LogP contribution in [0.3, 0.4) is 0 Å². The Bertz CT molecular complexity index is 482. The third-order valence-electron chi connectivity index (χ3n) is 2.30. The van der Waals surface area contributed by atoms with E-state index in [0.29, 0.717) is 15.2 Å². The number of benzene rings is 1. The maximum atomic E-state index is 12.7. The minimum atomic E-state index is -4.61. The first-order valence-electron chi connectivity index (χ1n) is 4.98. The van der Waals surface area contributed by atoms with Crippen molar-refractivity contribution in [3.63, 3.8) is 0 Å². The topological polar surface area (TPSA) is 70.6 Å². The molecule has 0 heterocycles. The molecule has 0 saturated carbocycles. The van der Waals surface area contributed by atoms with Gasteiger partial charge in [-0.05, 0) is 34.1 Å². The molecule has 0 aliphatic heterocycles. The van der Waals surface area contributed by atoms with Crippen molar-refractivity contribution in [3.05, 3.63) is 27.7 Å². The zero-order valence-corrected chi connectivity index (χ0v) is 11.7. The number of nitrogens with one attached hydrogen (secondary N) is 1. The van der Waals surface area contributed by atoms with Crippen LogP contribution in [0.2, 0.25) is 5.02 Å². The number of hydrogen-bond donors (Lipinski definition) is 3. The highest BCUT2D eigenvalue weighted by atomic mass is 79.9. The number of alkyl halides is 3. The van der Waals surface area contributed by atoms with Crippen LogP contribution in [0.1, 0.15) is 0 Å². The summed E-state index contributed by atoms with van der Waals surface area (Å²) in [7, 11) is 0. The van der Waals surface area contributed by atoms with Crippen LogP contribution in [0.25, 0.3) is 0 Å². The van der Waals surface area contributed by atoms with Gasteiger partial charge < -0.3 is 16.3 Å². The summed E-state index contributed by atoms with van der Waals surface area (Å²) in [6, 6.07) is 4.59. The fourth-order valence-corrected chi connectivity index (χ4v) is 2.13. The molecule has 0 amide bonds. The van der Waals surface area contributed by atoms with Gasteiger partial charge in [0.05, 0.1) is 0 Å². The monoisotopic (exact) mass is 359 g/mol. The molecule has 4 N–H and O–H groups in total. The SMILES string of the molecule is N/C(=N/O)C(CNc1ccc(Cl)cc1Br)C(F)(F)F. The summed E-state index contributed by atoms with van der Waals surface area (Å²) in [5, 5.41) is 13.8. The summed E-state index contributed by atoms with van der Waals surface area (Å²) in [5.74, 6) is -2.98. The molecule has 0 bridgehead atoms. The van der Waals surface area contributed by atoms with Crippen molar-refractivity contribution in [1.82, 2.24) is 0 Å². The Morgan fingerprint density at radius 1 is 1.53 bits per heavy atom. The smallest absolute Gasteiger partial charge is 0.400 e. The van der Waals surface area contributed by atoms with Crippen molar-refractivity contribution in [2.45, 2.75) is 6.18 Å². The van der Waals surface area contributed by atoms with E-state index in [-0.39, 0.29) is 0 Å². The number of nitrogens with two attached hydrogens (primary N) is 1. The second-order valence-corrected chi connectivity index (χ2v) is 4.91. The summed E-state index contributed by atoms with van der Waals surface area (Å²) in [6.45, 7) is -0.556. The lowest BCUT2D eigenvalue weighted by molar-refractivity contribution is -0.152. The number of rotatable bonds is 4. The van der Waals surface area contributed by atoms with Crippen molar-refractivity contribution in [2.24, 2.45) is 16.8 Å². The highest BCUT2D eigenvalue weighted by molar-refractivity contribution is 9.10. The van der Waals surface area contributed by atoms with E-state index < -0.39 is 24.5 Å². The largest absolute Gasteiger partial charge is 0.409 e. The van der Waals surface area contributed by atoms with Gasteiger partial charge in [-0.1, -0.05) is 16.8 Å². The first kappa shape index (κ1) is 15.9. The maximum absolute atomic E-state index is 12.7. The Kier molecular flexibility index (Phi) is 5.30. The average Bonchev–Trinajstić information content (AvgIpc) is 2.29. The molecule has 0 saturated heterocycles. The zero-order chi connectivity index (χ0) is 14.6. The molecule has 19 heavy (non-hydrogen) atoms. The van der Waals surface area contributed by atoms with E-state index in [9.17, 15) is 13.2 Å². The number of hydrogen-bond acceptors (Lipinski definition) is 3. The summed E-state index contributed by atoms with van der Waals surface area (Å²) < 4.78 is 38.6. The molecule has 0 radical (unpaired) electrons. The zero-order valence-electron chi connectivity index (χ0n) is 9.38. The molecule has 0 aliphatic rings. The Hall–Kier alpha value is -1.15. The highest BCUT2D eigenvalue weighted by Gasteiger charge is 2.42. The van der Waals surface area contributed by atoms with Crippen LogP contribution in [0, 0.1) is 5.92 Å². The third kappa shape index (κ3) is 4.46. The molecule has 0 spiro atoms. The fraction of sp³-hybridized carbons (Fsp3) is 0.300. The molecule has 1 aromatic carbocycles. The fourth-order valence-electron chi connectivity index (χ4n) is 1.30. The van der Waals surface area contributed by atoms with E-state index in [0.717, 1.165) is 0 Å². The molecule has 1 atom stereocenters. The van der Waals surface area contributed by atoms with Crippen molar-refractivity contribution >= 4 is 39.1 Å². The Morgan fingerprint density at radius 2 is 2.16 bits per heavy atom. The second-order valence-electron chi connectivity index (χ2n) is 3.62. The van der Waals surface area contributed by atoms with Gasteiger partial charge in [0.2, 0.25) is 0 Å². The predicted molar refractivity (Wildman–Crippen MR) is 70.6 cm³/mol. The Balaban J connectivity index is 2.82. The number of nitrogens with zero attached hydrogens (tertiary/aromatic N) is 1. The summed E-state index contributed by atoms with van der Waals surface area (Å²) in [4.78, 5) is 0. The van der Waals surface area contributed by atoms with Gasteiger partial charge >= 0.3 is 6.18 Å². The number of halogens is 5. The minimum absolute atomic E-state index is 0.421. The minimum Gasteiger partial charge on any atom is -0.409 e. The van der Waals surface area contributed by atoms with Gasteiger partial charge in [-0.2, -0.15) is 13.2 Å². The van der Waals surface area contributed by atoms with Crippen LogP contribution in [0.4, 0.5) is 18.9 Å². The lowest BCUT2D eigenvalue weighted by Gasteiger charge is -2.20. The van der Waals surface area contributed by atoms with Gasteiger partial charge in [-0.25, -0.2) is 0 Å². The number of oxime groups is 1. The summed E-state index contributed by atoms with van der Waals surface area (Å²) in [6.07, 6.45) is -4.61. The Morgan fingerprint density at radius 3 is 2.63 bits per heavy atom. The van der Waals surface area contributed by atoms with Crippen molar-refractivity contribution in [3.8, 4) is 0 Å². The van der Waals surface area contributed by atoms with Gasteiger partial charge in [-0.15, -0.1) is 0 Å². The Labute approximate surface area is 120 Å². The van der Waals surface area contributed by atoms with Crippen molar-refractivity contribution < 1.29 is 18.4 Å². The van der Waals surface area contributed by atoms with E-state index in [1.807, 2.05) is 0 Å². The number of anilines is 1. The quantitative estimate of drug-likeness (QED) is 0.333. The first-order valence-corrected chi connectivity index (χ1v) is 6.16. The van der Waals surface area contributed by atoms with Crippen LogP contribution >= 0.6 is 27.5 Å². The highest BCUT2D eigenvalue weighted by Crippen LogP contribution is 2.29. The molecule has 9 heteroatoms. The maximum Gasteiger partial charge on any atom is 0.400 e. The average molecular weight is 361 g/mol. The van der Waals surface area contributed by atoms with E-state index in [1.165, 1.54) is 18.2 Å². The molecule has 106 valence electrons. The molecule has 0 aromatic heterocycles. The van der Waals surface area contributed by atoms with Crippen LogP contribution in [-0.2, 0) is 0 Å². The standard InChI is InChI=1S/C10H10BrClF3N3O/c11-7-3-5(12)1-2-8(7)17-4-6(9(16)18-19)10(13,14)15/h1-3,6,17,19H,4H2,(H2,16,18). The molecule has 1 rings (SSSR count). The van der Waals surface area contributed by atoms with Gasteiger partial charge in [0, 0.05) is 21.7 Å². The van der Waals surface area contributed by atoms with Gasteiger partial charge in [0.25, 0.3) is 0 Å². The van der Waals surface area contributed by atoms with Crippen molar-refractivity contribution in [2.75, 3.05) is 11.9 Å². The predicted octanol–water partition coefficient (Wildman–Crippen LogP) is 3.44. The normalized spacial score (nSPS) is 14.3. The summed E-state index contributed by atoms with van der Waals surface area (Å²) in [5.41, 5.74) is 5.46. The van der Waals surface area contributed by atoms with Crippen LogP contribution in [-0.4, -0.2) is 23.8 Å². The lowest BCUT2D eigenvalue weighted by atomic mass is 10.1. The summed E-state index contributed by atoms with van der Waals surface area (Å²) >= 11 is 8.88. The number of amidine groups is 1. The van der Waals surface area contributed by atoms with Crippen molar-refractivity contribution in [1.29, 1.82) is 0 Å².